The predicted octanol–water partition coefficient (Wildman–Crippen LogP) is 2.09. The summed E-state index contributed by atoms with van der Waals surface area (Å²) in [4.78, 5) is 11.4. The Morgan fingerprint density at radius 2 is 2.00 bits per heavy atom. The number of esters is 1. The van der Waals surface area contributed by atoms with Crippen LogP contribution < -0.4 is 10.1 Å². The summed E-state index contributed by atoms with van der Waals surface area (Å²) in [6.45, 7) is 5.00. The molecule has 0 spiro atoms. The second-order valence-corrected chi connectivity index (χ2v) is 5.18. The minimum absolute atomic E-state index is 0.0222. The normalized spacial score (nSPS) is 22.5. The molecule has 1 aliphatic heterocycles. The van der Waals surface area contributed by atoms with Crippen LogP contribution in [0.25, 0.3) is 0 Å². The van der Waals surface area contributed by atoms with E-state index >= 15 is 0 Å². The molecule has 0 aromatic heterocycles. The van der Waals surface area contributed by atoms with Gasteiger partial charge in [0.15, 0.2) is 0 Å². The van der Waals surface area contributed by atoms with Crippen molar-refractivity contribution in [1.29, 1.82) is 0 Å². The number of rotatable bonds is 4. The van der Waals surface area contributed by atoms with Gasteiger partial charge in [-0.1, -0.05) is 26.0 Å². The summed E-state index contributed by atoms with van der Waals surface area (Å²) in [5.41, 5.74) is 1.30. The fraction of sp³-hybridized carbons (Fsp3) is 0.533. The van der Waals surface area contributed by atoms with Gasteiger partial charge in [0.2, 0.25) is 0 Å². The summed E-state index contributed by atoms with van der Waals surface area (Å²) in [6.07, 6.45) is 0.674. The molecule has 2 atom stereocenters. The van der Waals surface area contributed by atoms with Crippen LogP contribution in [0.2, 0.25) is 0 Å². The average Bonchev–Trinajstić information content (AvgIpc) is 2.87. The van der Waals surface area contributed by atoms with E-state index in [0.29, 0.717) is 18.9 Å². The van der Waals surface area contributed by atoms with Gasteiger partial charge in [-0.05, 0) is 23.6 Å². The lowest BCUT2D eigenvalue weighted by molar-refractivity contribution is -0.142. The fourth-order valence-electron chi connectivity index (χ4n) is 2.24. The van der Waals surface area contributed by atoms with Gasteiger partial charge in [0.25, 0.3) is 0 Å². The molecule has 0 aliphatic carbocycles. The fourth-order valence-corrected chi connectivity index (χ4v) is 2.24. The molecule has 0 saturated carbocycles. The van der Waals surface area contributed by atoms with E-state index in [1.165, 1.54) is 12.7 Å². The third-order valence-corrected chi connectivity index (χ3v) is 3.43. The van der Waals surface area contributed by atoms with Gasteiger partial charge >= 0.3 is 5.97 Å². The Kier molecular flexibility index (Phi) is 4.43. The number of ether oxygens (including phenoxy) is 2. The first kappa shape index (κ1) is 13.9. The molecular formula is C15H21NO3. The molecular weight excluding hydrogens is 242 g/mol. The monoisotopic (exact) mass is 263 g/mol. The van der Waals surface area contributed by atoms with Crippen molar-refractivity contribution in [2.75, 3.05) is 13.7 Å². The maximum atomic E-state index is 11.4. The quantitative estimate of drug-likeness (QED) is 0.845. The standard InChI is InChI=1S/C15H21NO3/c1-10(2)11-4-6-12(7-5-11)19-13-8-14(16-9-13)15(17)18-3/h4-7,10,13-14,16H,8-9H2,1-3H3/t13-,14-/m0/s1. The van der Waals surface area contributed by atoms with E-state index in [-0.39, 0.29) is 18.1 Å². The van der Waals surface area contributed by atoms with Crippen LogP contribution in [-0.4, -0.2) is 31.8 Å². The van der Waals surface area contributed by atoms with Crippen LogP contribution in [0.1, 0.15) is 31.7 Å². The number of nitrogens with one attached hydrogen (secondary N) is 1. The van der Waals surface area contributed by atoms with Crippen molar-refractivity contribution in [3.05, 3.63) is 29.8 Å². The first-order valence-corrected chi connectivity index (χ1v) is 6.68. The van der Waals surface area contributed by atoms with E-state index in [0.717, 1.165) is 5.75 Å². The van der Waals surface area contributed by atoms with Gasteiger partial charge in [-0.25, -0.2) is 0 Å². The van der Waals surface area contributed by atoms with E-state index in [9.17, 15) is 4.79 Å². The Morgan fingerprint density at radius 1 is 1.32 bits per heavy atom. The number of hydrogen-bond acceptors (Lipinski definition) is 4. The van der Waals surface area contributed by atoms with E-state index in [1.54, 1.807) is 0 Å². The summed E-state index contributed by atoms with van der Waals surface area (Å²) in [5.74, 6) is 1.15. The predicted molar refractivity (Wildman–Crippen MR) is 73.4 cm³/mol. The molecule has 4 nitrogen and oxygen atoms in total. The maximum Gasteiger partial charge on any atom is 0.323 e. The second kappa shape index (κ2) is 6.06. The molecule has 2 rings (SSSR count). The van der Waals surface area contributed by atoms with Crippen molar-refractivity contribution in [1.82, 2.24) is 5.32 Å². The lowest BCUT2D eigenvalue weighted by atomic mass is 10.0. The molecule has 0 radical (unpaired) electrons. The second-order valence-electron chi connectivity index (χ2n) is 5.18. The molecule has 104 valence electrons. The SMILES string of the molecule is COC(=O)[C@@H]1C[C@H](Oc2ccc(C(C)C)cc2)CN1. The third-order valence-electron chi connectivity index (χ3n) is 3.43. The largest absolute Gasteiger partial charge is 0.489 e. The highest BCUT2D eigenvalue weighted by Gasteiger charge is 2.31. The van der Waals surface area contributed by atoms with Gasteiger partial charge in [0.1, 0.15) is 17.9 Å². The minimum atomic E-state index is -0.245. The Bertz CT molecular complexity index is 428. The Balaban J connectivity index is 1.90. The summed E-state index contributed by atoms with van der Waals surface area (Å²) in [6, 6.07) is 7.90. The van der Waals surface area contributed by atoms with Crippen molar-refractivity contribution in [3.63, 3.8) is 0 Å². The molecule has 1 N–H and O–H groups in total. The zero-order valence-corrected chi connectivity index (χ0v) is 11.7. The lowest BCUT2D eigenvalue weighted by Gasteiger charge is -2.13. The summed E-state index contributed by atoms with van der Waals surface area (Å²) < 4.78 is 10.6. The smallest absolute Gasteiger partial charge is 0.323 e. The van der Waals surface area contributed by atoms with Gasteiger partial charge in [-0.3, -0.25) is 4.79 Å². The van der Waals surface area contributed by atoms with Crippen LogP contribution in [-0.2, 0) is 9.53 Å². The van der Waals surface area contributed by atoms with Gasteiger partial charge in [-0.15, -0.1) is 0 Å². The van der Waals surface area contributed by atoms with E-state index in [1.807, 2.05) is 12.1 Å². The van der Waals surface area contributed by atoms with E-state index in [2.05, 4.69) is 31.3 Å². The van der Waals surface area contributed by atoms with Crippen LogP contribution in [0.15, 0.2) is 24.3 Å². The van der Waals surface area contributed by atoms with E-state index in [4.69, 9.17) is 9.47 Å². The number of methoxy groups -OCH3 is 1. The molecule has 1 aromatic rings. The Morgan fingerprint density at radius 3 is 2.58 bits per heavy atom. The van der Waals surface area contributed by atoms with Crippen molar-refractivity contribution >= 4 is 5.97 Å². The highest BCUT2D eigenvalue weighted by molar-refractivity contribution is 5.76. The van der Waals surface area contributed by atoms with Crippen molar-refractivity contribution in [3.8, 4) is 5.75 Å². The zero-order valence-electron chi connectivity index (χ0n) is 11.7. The van der Waals surface area contributed by atoms with E-state index < -0.39 is 0 Å². The number of carbonyl (C=O) groups excluding carboxylic acids is 1. The molecule has 1 fully saturated rings. The third kappa shape index (κ3) is 3.47. The Hall–Kier alpha value is -1.55. The topological polar surface area (TPSA) is 47.6 Å². The molecule has 1 aliphatic rings. The van der Waals surface area contributed by atoms with Gasteiger partial charge in [0.05, 0.1) is 7.11 Å². The lowest BCUT2D eigenvalue weighted by Crippen LogP contribution is -2.31. The zero-order chi connectivity index (χ0) is 13.8. The summed E-state index contributed by atoms with van der Waals surface area (Å²) in [7, 11) is 1.41. The van der Waals surface area contributed by atoms with Gasteiger partial charge in [0, 0.05) is 13.0 Å². The number of benzene rings is 1. The number of carbonyl (C=O) groups is 1. The highest BCUT2D eigenvalue weighted by atomic mass is 16.5. The molecule has 1 saturated heterocycles. The van der Waals surface area contributed by atoms with Crippen LogP contribution >= 0.6 is 0 Å². The van der Waals surface area contributed by atoms with Crippen molar-refractivity contribution in [2.45, 2.75) is 38.3 Å². The molecule has 4 heteroatoms. The van der Waals surface area contributed by atoms with Crippen LogP contribution in [0.3, 0.4) is 0 Å². The molecule has 0 bridgehead atoms. The van der Waals surface area contributed by atoms with Gasteiger partial charge < -0.3 is 14.8 Å². The molecule has 0 unspecified atom stereocenters. The average molecular weight is 263 g/mol. The molecule has 19 heavy (non-hydrogen) atoms. The van der Waals surface area contributed by atoms with Crippen molar-refractivity contribution < 1.29 is 14.3 Å². The molecule has 0 amide bonds. The van der Waals surface area contributed by atoms with Crippen LogP contribution in [0, 0.1) is 0 Å². The maximum absolute atomic E-state index is 11.4. The first-order valence-electron chi connectivity index (χ1n) is 6.68. The molecule has 1 heterocycles. The first-order chi connectivity index (χ1) is 9.10. The van der Waals surface area contributed by atoms with Crippen LogP contribution in [0.5, 0.6) is 5.75 Å². The molecule has 1 aromatic carbocycles. The number of hydrogen-bond donors (Lipinski definition) is 1. The highest BCUT2D eigenvalue weighted by Crippen LogP contribution is 2.21. The van der Waals surface area contributed by atoms with Crippen molar-refractivity contribution in [2.24, 2.45) is 0 Å². The summed E-state index contributed by atoms with van der Waals surface area (Å²) >= 11 is 0. The van der Waals surface area contributed by atoms with Gasteiger partial charge in [-0.2, -0.15) is 0 Å². The minimum Gasteiger partial charge on any atom is -0.489 e. The summed E-state index contributed by atoms with van der Waals surface area (Å²) in [5, 5.41) is 3.11. The Labute approximate surface area is 114 Å². The van der Waals surface area contributed by atoms with Crippen LogP contribution in [0.4, 0.5) is 0 Å².